The summed E-state index contributed by atoms with van der Waals surface area (Å²) in [5.41, 5.74) is 0. The SMILES string of the molecule is CCOC1CC(NCC2CCCCCN2)C1. The lowest BCUT2D eigenvalue weighted by Crippen LogP contribution is -2.49. The van der Waals surface area contributed by atoms with Gasteiger partial charge in [0.2, 0.25) is 0 Å². The number of ether oxygens (including phenoxy) is 1. The van der Waals surface area contributed by atoms with E-state index in [0.29, 0.717) is 18.2 Å². The molecule has 1 atom stereocenters. The summed E-state index contributed by atoms with van der Waals surface area (Å²) in [5, 5.41) is 7.29. The molecule has 2 fully saturated rings. The molecule has 94 valence electrons. The molecule has 1 aliphatic carbocycles. The standard InChI is InChI=1S/C13H26N2O/c1-2-16-13-8-12(9-13)15-10-11-6-4-3-5-7-14-11/h11-15H,2-10H2,1H3. The normalized spacial score (nSPS) is 35.4. The number of hydrogen-bond acceptors (Lipinski definition) is 3. The highest BCUT2D eigenvalue weighted by molar-refractivity contribution is 4.87. The van der Waals surface area contributed by atoms with Crippen molar-refractivity contribution in [3.8, 4) is 0 Å². The van der Waals surface area contributed by atoms with Gasteiger partial charge in [0, 0.05) is 25.2 Å². The molecule has 1 saturated heterocycles. The Kier molecular flexibility index (Phi) is 5.07. The summed E-state index contributed by atoms with van der Waals surface area (Å²) in [6.07, 6.45) is 8.44. The van der Waals surface area contributed by atoms with E-state index < -0.39 is 0 Å². The van der Waals surface area contributed by atoms with Crippen LogP contribution >= 0.6 is 0 Å². The molecule has 1 aliphatic heterocycles. The lowest BCUT2D eigenvalue weighted by Gasteiger charge is -2.36. The van der Waals surface area contributed by atoms with Crippen molar-refractivity contribution in [3.05, 3.63) is 0 Å². The molecule has 16 heavy (non-hydrogen) atoms. The molecule has 3 heteroatoms. The van der Waals surface area contributed by atoms with Gasteiger partial charge < -0.3 is 15.4 Å². The Balaban J connectivity index is 1.54. The van der Waals surface area contributed by atoms with Crippen LogP contribution in [-0.4, -0.2) is 37.9 Å². The van der Waals surface area contributed by atoms with Gasteiger partial charge in [0.05, 0.1) is 6.10 Å². The number of nitrogens with one attached hydrogen (secondary N) is 2. The smallest absolute Gasteiger partial charge is 0.0604 e. The van der Waals surface area contributed by atoms with Crippen molar-refractivity contribution in [1.82, 2.24) is 10.6 Å². The lowest BCUT2D eigenvalue weighted by atomic mass is 9.89. The summed E-state index contributed by atoms with van der Waals surface area (Å²) in [5.74, 6) is 0. The molecule has 1 saturated carbocycles. The van der Waals surface area contributed by atoms with Crippen molar-refractivity contribution in [2.75, 3.05) is 19.7 Å². The summed E-state index contributed by atoms with van der Waals surface area (Å²) in [4.78, 5) is 0. The fraction of sp³-hybridized carbons (Fsp3) is 1.00. The van der Waals surface area contributed by atoms with Crippen molar-refractivity contribution in [2.45, 2.75) is 63.6 Å². The second-order valence-corrected chi connectivity index (χ2v) is 5.15. The zero-order valence-electron chi connectivity index (χ0n) is 10.5. The second-order valence-electron chi connectivity index (χ2n) is 5.15. The summed E-state index contributed by atoms with van der Waals surface area (Å²) in [6.45, 7) is 5.29. The number of hydrogen-bond donors (Lipinski definition) is 2. The molecular weight excluding hydrogens is 200 g/mol. The Morgan fingerprint density at radius 1 is 1.25 bits per heavy atom. The molecule has 0 radical (unpaired) electrons. The van der Waals surface area contributed by atoms with E-state index in [1.54, 1.807) is 0 Å². The van der Waals surface area contributed by atoms with Crippen LogP contribution in [-0.2, 0) is 4.74 Å². The van der Waals surface area contributed by atoms with Crippen molar-refractivity contribution in [1.29, 1.82) is 0 Å². The summed E-state index contributed by atoms with van der Waals surface area (Å²) >= 11 is 0. The highest BCUT2D eigenvalue weighted by atomic mass is 16.5. The van der Waals surface area contributed by atoms with Crippen LogP contribution in [0.15, 0.2) is 0 Å². The Morgan fingerprint density at radius 3 is 2.94 bits per heavy atom. The van der Waals surface area contributed by atoms with Gasteiger partial charge in [0.1, 0.15) is 0 Å². The molecule has 2 N–H and O–H groups in total. The predicted molar refractivity (Wildman–Crippen MR) is 66.7 cm³/mol. The topological polar surface area (TPSA) is 33.3 Å². The zero-order chi connectivity index (χ0) is 11.2. The molecule has 0 spiro atoms. The van der Waals surface area contributed by atoms with Crippen molar-refractivity contribution in [3.63, 3.8) is 0 Å². The van der Waals surface area contributed by atoms with Gasteiger partial charge in [-0.1, -0.05) is 12.8 Å². The first-order valence-electron chi connectivity index (χ1n) is 6.97. The van der Waals surface area contributed by atoms with Crippen LogP contribution in [0, 0.1) is 0 Å². The van der Waals surface area contributed by atoms with Gasteiger partial charge in [-0.2, -0.15) is 0 Å². The van der Waals surface area contributed by atoms with Crippen molar-refractivity contribution >= 4 is 0 Å². The molecule has 0 bridgehead atoms. The summed E-state index contributed by atoms with van der Waals surface area (Å²) < 4.78 is 5.56. The Morgan fingerprint density at radius 2 is 2.12 bits per heavy atom. The van der Waals surface area contributed by atoms with E-state index in [2.05, 4.69) is 17.6 Å². The number of rotatable bonds is 5. The van der Waals surface area contributed by atoms with Crippen LogP contribution in [0.2, 0.25) is 0 Å². The highest BCUT2D eigenvalue weighted by Crippen LogP contribution is 2.23. The highest BCUT2D eigenvalue weighted by Gasteiger charge is 2.29. The second kappa shape index (κ2) is 6.58. The predicted octanol–water partition coefficient (Wildman–Crippen LogP) is 1.68. The van der Waals surface area contributed by atoms with Crippen LogP contribution in [0.25, 0.3) is 0 Å². The first-order chi connectivity index (χ1) is 7.88. The fourth-order valence-corrected chi connectivity index (χ4v) is 2.69. The Hall–Kier alpha value is -0.120. The Bertz CT molecular complexity index is 184. The molecule has 2 rings (SSSR count). The first-order valence-corrected chi connectivity index (χ1v) is 6.97. The minimum atomic E-state index is 0.532. The maximum Gasteiger partial charge on any atom is 0.0604 e. The van der Waals surface area contributed by atoms with Gasteiger partial charge in [-0.05, 0) is 39.2 Å². The molecule has 0 aromatic heterocycles. The molecule has 0 aromatic carbocycles. The van der Waals surface area contributed by atoms with E-state index in [0.717, 1.165) is 13.2 Å². The van der Waals surface area contributed by atoms with Crippen LogP contribution in [0.4, 0.5) is 0 Å². The van der Waals surface area contributed by atoms with Gasteiger partial charge >= 0.3 is 0 Å². The van der Waals surface area contributed by atoms with E-state index in [-0.39, 0.29) is 0 Å². The Labute approximate surface area is 99.3 Å². The van der Waals surface area contributed by atoms with Crippen LogP contribution in [0.1, 0.15) is 45.4 Å². The molecule has 1 unspecified atom stereocenters. The van der Waals surface area contributed by atoms with Gasteiger partial charge in [-0.15, -0.1) is 0 Å². The monoisotopic (exact) mass is 226 g/mol. The summed E-state index contributed by atoms with van der Waals surface area (Å²) in [7, 11) is 0. The van der Waals surface area contributed by atoms with E-state index in [1.807, 2.05) is 0 Å². The largest absolute Gasteiger partial charge is 0.378 e. The van der Waals surface area contributed by atoms with Crippen molar-refractivity contribution < 1.29 is 4.74 Å². The quantitative estimate of drug-likeness (QED) is 0.748. The molecule has 2 aliphatic rings. The van der Waals surface area contributed by atoms with E-state index in [4.69, 9.17) is 4.74 Å². The minimum absolute atomic E-state index is 0.532. The van der Waals surface area contributed by atoms with E-state index in [1.165, 1.54) is 45.1 Å². The molecule has 0 amide bonds. The fourth-order valence-electron chi connectivity index (χ4n) is 2.69. The van der Waals surface area contributed by atoms with E-state index in [9.17, 15) is 0 Å². The minimum Gasteiger partial charge on any atom is -0.378 e. The van der Waals surface area contributed by atoms with Crippen LogP contribution in [0.5, 0.6) is 0 Å². The van der Waals surface area contributed by atoms with Crippen LogP contribution < -0.4 is 10.6 Å². The lowest BCUT2D eigenvalue weighted by molar-refractivity contribution is -0.0102. The maximum atomic E-state index is 5.56. The van der Waals surface area contributed by atoms with Gasteiger partial charge in [0.25, 0.3) is 0 Å². The summed E-state index contributed by atoms with van der Waals surface area (Å²) in [6, 6.07) is 1.41. The third-order valence-electron chi connectivity index (χ3n) is 3.81. The average molecular weight is 226 g/mol. The van der Waals surface area contributed by atoms with Crippen LogP contribution in [0.3, 0.4) is 0 Å². The third-order valence-corrected chi connectivity index (χ3v) is 3.81. The third kappa shape index (κ3) is 3.72. The van der Waals surface area contributed by atoms with Gasteiger partial charge in [-0.25, -0.2) is 0 Å². The zero-order valence-corrected chi connectivity index (χ0v) is 10.5. The molecule has 3 nitrogen and oxygen atoms in total. The van der Waals surface area contributed by atoms with E-state index >= 15 is 0 Å². The average Bonchev–Trinajstić information content (AvgIpc) is 2.49. The molecule has 1 heterocycles. The van der Waals surface area contributed by atoms with Crippen molar-refractivity contribution in [2.24, 2.45) is 0 Å². The van der Waals surface area contributed by atoms with Gasteiger partial charge in [-0.3, -0.25) is 0 Å². The molecule has 0 aromatic rings. The van der Waals surface area contributed by atoms with Gasteiger partial charge in [0.15, 0.2) is 0 Å². The first kappa shape index (κ1) is 12.3. The maximum absolute atomic E-state index is 5.56. The molecular formula is C13H26N2O.